The molecule has 1 atom stereocenters. The summed E-state index contributed by atoms with van der Waals surface area (Å²) in [5.74, 6) is 1.70. The molecule has 1 saturated heterocycles. The van der Waals surface area contributed by atoms with Crippen LogP contribution in [0.25, 0.3) is 0 Å². The van der Waals surface area contributed by atoms with Crippen molar-refractivity contribution >= 4 is 0 Å². The van der Waals surface area contributed by atoms with Gasteiger partial charge in [-0.1, -0.05) is 12.5 Å². The van der Waals surface area contributed by atoms with Gasteiger partial charge in [-0.2, -0.15) is 0 Å². The highest BCUT2D eigenvalue weighted by Gasteiger charge is 2.16. The number of piperidine rings is 1. The fourth-order valence-electron chi connectivity index (χ4n) is 2.54. The van der Waals surface area contributed by atoms with E-state index in [4.69, 9.17) is 9.47 Å². The smallest absolute Gasteiger partial charge is 0.127 e. The largest absolute Gasteiger partial charge is 0.497 e. The van der Waals surface area contributed by atoms with Crippen LogP contribution in [0.3, 0.4) is 0 Å². The maximum Gasteiger partial charge on any atom is 0.127 e. The third kappa shape index (κ3) is 3.61. The van der Waals surface area contributed by atoms with Crippen LogP contribution in [0.4, 0.5) is 0 Å². The van der Waals surface area contributed by atoms with Gasteiger partial charge >= 0.3 is 0 Å². The van der Waals surface area contributed by atoms with Crippen molar-refractivity contribution in [1.82, 2.24) is 10.4 Å². The van der Waals surface area contributed by atoms with Gasteiger partial charge in [-0.05, 0) is 25.8 Å². The van der Waals surface area contributed by atoms with Crippen LogP contribution < -0.4 is 14.9 Å². The van der Waals surface area contributed by atoms with Gasteiger partial charge in [-0.3, -0.25) is 0 Å². The molecule has 1 aliphatic heterocycles. The molecule has 106 valence electrons. The van der Waals surface area contributed by atoms with Crippen LogP contribution in [0.15, 0.2) is 18.2 Å². The lowest BCUT2D eigenvalue weighted by Gasteiger charge is -2.31. The Labute approximate surface area is 115 Å². The molecule has 0 spiro atoms. The van der Waals surface area contributed by atoms with Gasteiger partial charge in [-0.15, -0.1) is 0 Å². The van der Waals surface area contributed by atoms with Crippen molar-refractivity contribution in [3.05, 3.63) is 23.8 Å². The quantitative estimate of drug-likeness (QED) is 0.886. The number of nitrogens with one attached hydrogen (secondary N) is 1. The predicted molar refractivity (Wildman–Crippen MR) is 76.5 cm³/mol. The van der Waals surface area contributed by atoms with E-state index in [9.17, 15) is 0 Å². The van der Waals surface area contributed by atoms with Crippen LogP contribution in [0.2, 0.25) is 0 Å². The fourth-order valence-corrected chi connectivity index (χ4v) is 2.54. The van der Waals surface area contributed by atoms with E-state index in [1.165, 1.54) is 19.3 Å². The number of hydrogen-bond donors (Lipinski definition) is 1. The summed E-state index contributed by atoms with van der Waals surface area (Å²) < 4.78 is 10.7. The second-order valence-electron chi connectivity index (χ2n) is 5.01. The first-order valence-corrected chi connectivity index (χ1v) is 6.97. The van der Waals surface area contributed by atoms with Crippen molar-refractivity contribution in [2.24, 2.45) is 0 Å². The molecule has 4 nitrogen and oxygen atoms in total. The van der Waals surface area contributed by atoms with E-state index in [-0.39, 0.29) is 6.04 Å². The molecule has 1 aromatic carbocycles. The Morgan fingerprint density at radius 2 is 1.84 bits per heavy atom. The standard InChI is InChI=1S/C15H24N2O2/c1-12(16-17-9-5-4-6-10-17)14-8-7-13(18-2)11-15(14)19-3/h7-8,11-12,16H,4-6,9-10H2,1-3H3. The van der Waals surface area contributed by atoms with Crippen LogP contribution in [0.1, 0.15) is 37.8 Å². The van der Waals surface area contributed by atoms with Gasteiger partial charge in [0.2, 0.25) is 0 Å². The lowest BCUT2D eigenvalue weighted by atomic mass is 10.1. The molecule has 0 bridgehead atoms. The van der Waals surface area contributed by atoms with Gasteiger partial charge in [0.25, 0.3) is 0 Å². The van der Waals surface area contributed by atoms with Gasteiger partial charge in [0.1, 0.15) is 11.5 Å². The van der Waals surface area contributed by atoms with Crippen molar-refractivity contribution in [2.75, 3.05) is 27.3 Å². The summed E-state index contributed by atoms with van der Waals surface area (Å²) >= 11 is 0. The zero-order valence-corrected chi connectivity index (χ0v) is 12.1. The number of rotatable bonds is 5. The van der Waals surface area contributed by atoms with E-state index in [2.05, 4.69) is 23.4 Å². The lowest BCUT2D eigenvalue weighted by molar-refractivity contribution is 0.132. The molecule has 19 heavy (non-hydrogen) atoms. The SMILES string of the molecule is COc1ccc(C(C)NN2CCCCC2)c(OC)c1. The summed E-state index contributed by atoms with van der Waals surface area (Å²) in [5, 5.41) is 2.32. The zero-order valence-electron chi connectivity index (χ0n) is 12.1. The average molecular weight is 264 g/mol. The van der Waals surface area contributed by atoms with E-state index in [1.54, 1.807) is 14.2 Å². The molecule has 1 heterocycles. The van der Waals surface area contributed by atoms with E-state index in [0.29, 0.717) is 0 Å². The molecule has 0 amide bonds. The van der Waals surface area contributed by atoms with Crippen LogP contribution >= 0.6 is 0 Å². The number of hydrazine groups is 1. The molecule has 4 heteroatoms. The normalized spacial score (nSPS) is 18.1. The number of nitrogens with zero attached hydrogens (tertiary/aromatic N) is 1. The Morgan fingerprint density at radius 1 is 1.11 bits per heavy atom. The molecular weight excluding hydrogens is 240 g/mol. The van der Waals surface area contributed by atoms with E-state index in [0.717, 1.165) is 30.2 Å². The third-order valence-electron chi connectivity index (χ3n) is 3.64. The molecule has 0 radical (unpaired) electrons. The van der Waals surface area contributed by atoms with Gasteiger partial charge in [-0.25, -0.2) is 10.4 Å². The second-order valence-corrected chi connectivity index (χ2v) is 5.01. The first kappa shape index (κ1) is 14.2. The van der Waals surface area contributed by atoms with Crippen LogP contribution in [-0.4, -0.2) is 32.3 Å². The van der Waals surface area contributed by atoms with Gasteiger partial charge in [0.15, 0.2) is 0 Å². The maximum atomic E-state index is 5.46. The van der Waals surface area contributed by atoms with Gasteiger partial charge in [0, 0.05) is 30.8 Å². The molecule has 1 N–H and O–H groups in total. The minimum absolute atomic E-state index is 0.235. The van der Waals surface area contributed by atoms with Crippen molar-refractivity contribution < 1.29 is 9.47 Å². The Bertz CT molecular complexity index is 403. The monoisotopic (exact) mass is 264 g/mol. The Kier molecular flexibility index (Phi) is 5.05. The van der Waals surface area contributed by atoms with Crippen LogP contribution in [-0.2, 0) is 0 Å². The minimum atomic E-state index is 0.235. The number of methoxy groups -OCH3 is 2. The molecule has 1 unspecified atom stereocenters. The average Bonchev–Trinajstić information content (AvgIpc) is 2.47. The summed E-state index contributed by atoms with van der Waals surface area (Å²) in [6.07, 6.45) is 3.90. The summed E-state index contributed by atoms with van der Waals surface area (Å²) in [4.78, 5) is 0. The van der Waals surface area contributed by atoms with Crippen molar-refractivity contribution in [2.45, 2.75) is 32.2 Å². The van der Waals surface area contributed by atoms with Gasteiger partial charge < -0.3 is 9.47 Å². The zero-order chi connectivity index (χ0) is 13.7. The lowest BCUT2D eigenvalue weighted by Crippen LogP contribution is -2.42. The number of hydrogen-bond acceptors (Lipinski definition) is 4. The molecule has 1 fully saturated rings. The molecule has 0 aromatic heterocycles. The third-order valence-corrected chi connectivity index (χ3v) is 3.64. The topological polar surface area (TPSA) is 33.7 Å². The maximum absolute atomic E-state index is 5.46. The van der Waals surface area contributed by atoms with Crippen LogP contribution in [0, 0.1) is 0 Å². The highest BCUT2D eigenvalue weighted by atomic mass is 16.5. The Hall–Kier alpha value is -1.26. The van der Waals surface area contributed by atoms with Gasteiger partial charge in [0.05, 0.1) is 14.2 Å². The fraction of sp³-hybridized carbons (Fsp3) is 0.600. The molecule has 0 saturated carbocycles. The molecule has 1 aromatic rings. The molecule has 0 aliphatic carbocycles. The van der Waals surface area contributed by atoms with Crippen LogP contribution in [0.5, 0.6) is 11.5 Å². The molecule has 2 rings (SSSR count). The number of benzene rings is 1. The second kappa shape index (κ2) is 6.78. The highest BCUT2D eigenvalue weighted by molar-refractivity contribution is 5.42. The Balaban J connectivity index is 2.06. The predicted octanol–water partition coefficient (Wildman–Crippen LogP) is 2.76. The number of ether oxygens (including phenoxy) is 2. The first-order valence-electron chi connectivity index (χ1n) is 6.97. The van der Waals surface area contributed by atoms with E-state index < -0.39 is 0 Å². The molecular formula is C15H24N2O2. The van der Waals surface area contributed by atoms with E-state index >= 15 is 0 Å². The van der Waals surface area contributed by atoms with E-state index in [1.807, 2.05) is 12.1 Å². The highest BCUT2D eigenvalue weighted by Crippen LogP contribution is 2.29. The van der Waals surface area contributed by atoms with Crippen molar-refractivity contribution in [3.8, 4) is 11.5 Å². The molecule has 1 aliphatic rings. The first-order chi connectivity index (χ1) is 9.24. The summed E-state index contributed by atoms with van der Waals surface area (Å²) in [7, 11) is 3.37. The minimum Gasteiger partial charge on any atom is -0.497 e. The van der Waals surface area contributed by atoms with Crippen molar-refractivity contribution in [1.29, 1.82) is 0 Å². The Morgan fingerprint density at radius 3 is 2.47 bits per heavy atom. The summed E-state index contributed by atoms with van der Waals surface area (Å²) in [6, 6.07) is 6.22. The summed E-state index contributed by atoms with van der Waals surface area (Å²) in [5.41, 5.74) is 4.72. The van der Waals surface area contributed by atoms with Crippen molar-refractivity contribution in [3.63, 3.8) is 0 Å². The summed E-state index contributed by atoms with van der Waals surface area (Å²) in [6.45, 7) is 4.42.